The summed E-state index contributed by atoms with van der Waals surface area (Å²) >= 11 is 0. The molecule has 0 fully saturated rings. The van der Waals surface area contributed by atoms with Gasteiger partial charge in [0.05, 0.1) is 17.0 Å². The van der Waals surface area contributed by atoms with Crippen LogP contribution in [0.5, 0.6) is 0 Å². The Balaban J connectivity index is 1.72. The molecule has 2 aromatic carbocycles. The van der Waals surface area contributed by atoms with Crippen LogP contribution in [-0.2, 0) is 4.79 Å². The molecule has 28 heavy (non-hydrogen) atoms. The van der Waals surface area contributed by atoms with Gasteiger partial charge >= 0.3 is 5.97 Å². The number of hydrogen-bond donors (Lipinski definition) is 2. The van der Waals surface area contributed by atoms with Crippen LogP contribution in [0.15, 0.2) is 53.6 Å². The summed E-state index contributed by atoms with van der Waals surface area (Å²) in [5, 5.41) is 25.1. The largest absolute Gasteiger partial charge is 0.478 e. The van der Waals surface area contributed by atoms with Gasteiger partial charge in [-0.1, -0.05) is 24.3 Å². The third-order valence-corrected chi connectivity index (χ3v) is 5.02. The number of carboxylic acid groups (broad SMARTS) is 1. The third-order valence-electron chi connectivity index (χ3n) is 5.02. The molecule has 1 aliphatic carbocycles. The van der Waals surface area contributed by atoms with Crippen molar-refractivity contribution in [3.63, 3.8) is 0 Å². The number of benzene rings is 2. The number of carbonyl (C=O) groups excluding carboxylic acids is 3. The van der Waals surface area contributed by atoms with Gasteiger partial charge in [-0.25, -0.2) is 9.80 Å². The lowest BCUT2D eigenvalue weighted by Gasteiger charge is -2.25. The Morgan fingerprint density at radius 2 is 1.54 bits per heavy atom. The highest BCUT2D eigenvalue weighted by atomic mass is 16.4. The van der Waals surface area contributed by atoms with Gasteiger partial charge in [0.1, 0.15) is 5.92 Å². The van der Waals surface area contributed by atoms with Crippen molar-refractivity contribution in [2.45, 2.75) is 12.5 Å². The highest BCUT2D eigenvalue weighted by molar-refractivity contribution is 6.37. The second kappa shape index (κ2) is 5.93. The number of rotatable bonds is 3. The molecule has 8 heteroatoms. The first kappa shape index (κ1) is 17.7. The average molecular weight is 378 g/mol. The van der Waals surface area contributed by atoms with Crippen LogP contribution in [0, 0.1) is 5.92 Å². The summed E-state index contributed by atoms with van der Waals surface area (Å²) in [5.74, 6) is -4.98. The molecule has 0 aromatic heterocycles. The predicted octanol–water partition coefficient (Wildman–Crippen LogP) is 1.53. The highest BCUT2D eigenvalue weighted by Gasteiger charge is 2.62. The van der Waals surface area contributed by atoms with Crippen LogP contribution < -0.4 is 5.01 Å². The molecule has 1 unspecified atom stereocenters. The zero-order valence-electron chi connectivity index (χ0n) is 14.6. The van der Waals surface area contributed by atoms with Gasteiger partial charge in [-0.15, -0.1) is 0 Å². The van der Waals surface area contributed by atoms with Crippen LogP contribution in [0.2, 0.25) is 0 Å². The van der Waals surface area contributed by atoms with E-state index in [0.717, 1.165) is 5.01 Å². The Bertz CT molecular complexity index is 1050. The SMILES string of the molecule is CC1=NN(c2ccc(C(=O)O)cc2)C(=O)C1C1(O)C(=O)c2ccccc2C1=O. The van der Waals surface area contributed by atoms with E-state index in [9.17, 15) is 24.3 Å². The molecule has 0 saturated heterocycles. The highest BCUT2D eigenvalue weighted by Crippen LogP contribution is 2.39. The molecular weight excluding hydrogens is 364 g/mol. The van der Waals surface area contributed by atoms with E-state index < -0.39 is 35.0 Å². The number of Topliss-reactive ketones (excluding diaryl/α,β-unsaturated/α-hetero) is 2. The standard InChI is InChI=1S/C20H14N2O6/c1-10-15(20(28)16(23)13-4-2-3-5-14(13)17(20)24)18(25)22(21-10)12-8-6-11(7-9-12)19(26)27/h2-9,15,28H,1H3,(H,26,27). The molecule has 2 aliphatic rings. The summed E-state index contributed by atoms with van der Waals surface area (Å²) in [6, 6.07) is 11.4. The molecule has 2 aromatic rings. The van der Waals surface area contributed by atoms with Gasteiger partial charge in [0.25, 0.3) is 5.91 Å². The predicted molar refractivity (Wildman–Crippen MR) is 97.5 cm³/mol. The van der Waals surface area contributed by atoms with Gasteiger partial charge in [0.15, 0.2) is 0 Å². The number of hydrazone groups is 1. The van der Waals surface area contributed by atoms with Crippen molar-refractivity contribution < 1.29 is 29.4 Å². The first-order chi connectivity index (χ1) is 13.3. The Hall–Kier alpha value is -3.65. The Morgan fingerprint density at radius 3 is 2.04 bits per heavy atom. The van der Waals surface area contributed by atoms with Gasteiger partial charge in [0.2, 0.25) is 17.2 Å². The summed E-state index contributed by atoms with van der Waals surface area (Å²) in [4.78, 5) is 49.6. The van der Waals surface area contributed by atoms with E-state index >= 15 is 0 Å². The van der Waals surface area contributed by atoms with E-state index in [1.54, 1.807) is 12.1 Å². The van der Waals surface area contributed by atoms with Crippen molar-refractivity contribution in [3.8, 4) is 0 Å². The maximum atomic E-state index is 13.0. The second-order valence-corrected chi connectivity index (χ2v) is 6.65. The van der Waals surface area contributed by atoms with Crippen LogP contribution in [0.25, 0.3) is 0 Å². The maximum absolute atomic E-state index is 13.0. The van der Waals surface area contributed by atoms with Crippen molar-refractivity contribution in [2.24, 2.45) is 11.0 Å². The number of hydrogen-bond acceptors (Lipinski definition) is 6. The van der Waals surface area contributed by atoms with Gasteiger partial charge < -0.3 is 10.2 Å². The molecule has 140 valence electrons. The monoisotopic (exact) mass is 378 g/mol. The van der Waals surface area contributed by atoms with Gasteiger partial charge in [-0.05, 0) is 31.2 Å². The Morgan fingerprint density at radius 1 is 1.00 bits per heavy atom. The molecule has 0 radical (unpaired) electrons. The topological polar surface area (TPSA) is 124 Å². The second-order valence-electron chi connectivity index (χ2n) is 6.65. The minimum atomic E-state index is -2.55. The molecule has 2 N–H and O–H groups in total. The number of aromatic carboxylic acids is 1. The summed E-state index contributed by atoms with van der Waals surface area (Å²) in [6.07, 6.45) is 0. The number of ketones is 2. The van der Waals surface area contributed by atoms with Crippen molar-refractivity contribution in [1.29, 1.82) is 0 Å². The lowest BCUT2D eigenvalue weighted by atomic mass is 9.80. The van der Waals surface area contributed by atoms with E-state index in [1.807, 2.05) is 0 Å². The fraction of sp³-hybridized carbons (Fsp3) is 0.150. The van der Waals surface area contributed by atoms with Gasteiger partial charge in [-0.3, -0.25) is 14.4 Å². The van der Waals surface area contributed by atoms with E-state index in [0.29, 0.717) is 0 Å². The molecule has 0 spiro atoms. The molecule has 0 bridgehead atoms. The zero-order chi connectivity index (χ0) is 20.2. The normalized spacial score (nSPS) is 20.4. The lowest BCUT2D eigenvalue weighted by Crippen LogP contribution is -2.54. The molecular formula is C20H14N2O6. The maximum Gasteiger partial charge on any atom is 0.335 e. The lowest BCUT2D eigenvalue weighted by molar-refractivity contribution is -0.123. The summed E-state index contributed by atoms with van der Waals surface area (Å²) in [7, 11) is 0. The Labute approximate surface area is 158 Å². The van der Waals surface area contributed by atoms with Gasteiger partial charge in [-0.2, -0.15) is 5.10 Å². The molecule has 4 rings (SSSR count). The molecule has 1 heterocycles. The summed E-state index contributed by atoms with van der Waals surface area (Å²) in [5.41, 5.74) is -2.01. The quantitative estimate of drug-likeness (QED) is 0.781. The fourth-order valence-electron chi connectivity index (χ4n) is 3.63. The summed E-state index contributed by atoms with van der Waals surface area (Å²) < 4.78 is 0. The molecule has 8 nitrogen and oxygen atoms in total. The molecule has 1 aliphatic heterocycles. The first-order valence-electron chi connectivity index (χ1n) is 8.40. The number of nitrogens with zero attached hydrogens (tertiary/aromatic N) is 2. The molecule has 1 amide bonds. The number of amides is 1. The van der Waals surface area contributed by atoms with Gasteiger partial charge in [0, 0.05) is 11.1 Å². The molecule has 1 atom stereocenters. The number of fused-ring (bicyclic) bond motifs is 1. The van der Waals surface area contributed by atoms with Crippen LogP contribution >= 0.6 is 0 Å². The van der Waals surface area contributed by atoms with Crippen LogP contribution in [0.3, 0.4) is 0 Å². The fourth-order valence-corrected chi connectivity index (χ4v) is 3.63. The molecule has 0 saturated carbocycles. The minimum Gasteiger partial charge on any atom is -0.478 e. The number of aliphatic hydroxyl groups is 1. The van der Waals surface area contributed by atoms with E-state index in [1.165, 1.54) is 43.3 Å². The van der Waals surface area contributed by atoms with Crippen LogP contribution in [0.4, 0.5) is 5.69 Å². The average Bonchev–Trinajstić information content (AvgIpc) is 3.09. The first-order valence-corrected chi connectivity index (χ1v) is 8.40. The van der Waals surface area contributed by atoms with E-state index in [-0.39, 0.29) is 28.1 Å². The Kier molecular flexibility index (Phi) is 3.76. The van der Waals surface area contributed by atoms with Crippen molar-refractivity contribution in [1.82, 2.24) is 0 Å². The number of carboxylic acids is 1. The third kappa shape index (κ3) is 2.25. The minimum absolute atomic E-state index is 0.0304. The van der Waals surface area contributed by atoms with E-state index in [4.69, 9.17) is 5.11 Å². The van der Waals surface area contributed by atoms with Crippen LogP contribution in [0.1, 0.15) is 38.0 Å². The zero-order valence-corrected chi connectivity index (χ0v) is 14.6. The van der Waals surface area contributed by atoms with Crippen molar-refractivity contribution in [2.75, 3.05) is 5.01 Å². The van der Waals surface area contributed by atoms with Crippen LogP contribution in [-0.4, -0.2) is 45.0 Å². The van der Waals surface area contributed by atoms with E-state index in [2.05, 4.69) is 5.10 Å². The van der Waals surface area contributed by atoms with Crippen molar-refractivity contribution >= 4 is 34.8 Å². The smallest absolute Gasteiger partial charge is 0.335 e. The number of anilines is 1. The van der Waals surface area contributed by atoms with Crippen molar-refractivity contribution in [3.05, 3.63) is 65.2 Å². The summed E-state index contributed by atoms with van der Waals surface area (Å²) in [6.45, 7) is 1.45. The number of carbonyl (C=O) groups is 4.